The topological polar surface area (TPSA) is 43.4 Å². The Morgan fingerprint density at radius 2 is 1.31 bits per heavy atom. The highest BCUT2D eigenvalue weighted by atomic mass is 16.6. The lowest BCUT2D eigenvalue weighted by molar-refractivity contribution is -0.153. The number of rotatable bonds is 3. The maximum absolute atomic E-state index is 13.0. The van der Waals surface area contributed by atoms with Crippen molar-refractivity contribution in [2.45, 2.75) is 18.9 Å². The molecule has 1 aliphatic rings. The molecule has 4 rings (SSSR count). The van der Waals surface area contributed by atoms with Gasteiger partial charge >= 0.3 is 5.97 Å². The van der Waals surface area contributed by atoms with Gasteiger partial charge in [0.2, 0.25) is 0 Å². The van der Waals surface area contributed by atoms with Crippen LogP contribution in [-0.2, 0) is 15.1 Å². The lowest BCUT2D eigenvalue weighted by Gasteiger charge is -2.40. The van der Waals surface area contributed by atoms with Crippen molar-refractivity contribution in [3.63, 3.8) is 0 Å². The molecular formula is C23H18O3. The number of benzene rings is 3. The van der Waals surface area contributed by atoms with E-state index in [4.69, 9.17) is 4.74 Å². The van der Waals surface area contributed by atoms with Crippen LogP contribution in [0.25, 0.3) is 0 Å². The Labute approximate surface area is 152 Å². The zero-order valence-electron chi connectivity index (χ0n) is 14.4. The largest absolute Gasteiger partial charge is 0.444 e. The molecule has 0 atom stereocenters. The zero-order chi connectivity index (χ0) is 18.1. The first kappa shape index (κ1) is 16.3. The Morgan fingerprint density at radius 1 is 0.808 bits per heavy atom. The molecular weight excluding hydrogens is 324 g/mol. The maximum atomic E-state index is 13.0. The minimum atomic E-state index is -1.13. The number of ether oxygens (including phenoxy) is 1. The molecule has 0 N–H and O–H groups in total. The summed E-state index contributed by atoms with van der Waals surface area (Å²) in [6.45, 7) is 1.77. The average molecular weight is 342 g/mol. The number of esters is 1. The third kappa shape index (κ3) is 2.28. The van der Waals surface area contributed by atoms with Crippen LogP contribution >= 0.6 is 0 Å². The summed E-state index contributed by atoms with van der Waals surface area (Å²) in [4.78, 5) is 25.5. The summed E-state index contributed by atoms with van der Waals surface area (Å²) in [7, 11) is 0. The van der Waals surface area contributed by atoms with E-state index in [1.165, 1.54) is 0 Å². The molecule has 0 unspecified atom stereocenters. The molecule has 128 valence electrons. The van der Waals surface area contributed by atoms with Crippen LogP contribution in [0.3, 0.4) is 0 Å². The lowest BCUT2D eigenvalue weighted by atomic mass is 9.70. The fourth-order valence-corrected chi connectivity index (χ4v) is 3.66. The fourth-order valence-electron chi connectivity index (χ4n) is 3.66. The van der Waals surface area contributed by atoms with Crippen LogP contribution in [0.4, 0.5) is 0 Å². The van der Waals surface area contributed by atoms with Crippen molar-refractivity contribution in [3.05, 3.63) is 107 Å². The third-order valence-electron chi connectivity index (χ3n) is 4.84. The van der Waals surface area contributed by atoms with Gasteiger partial charge in [0.05, 0.1) is 0 Å². The van der Waals surface area contributed by atoms with Crippen molar-refractivity contribution >= 4 is 11.8 Å². The first-order valence-electron chi connectivity index (χ1n) is 8.69. The van der Waals surface area contributed by atoms with Crippen LogP contribution < -0.4 is 0 Å². The van der Waals surface area contributed by atoms with Crippen LogP contribution in [0.1, 0.15) is 46.0 Å². The molecule has 3 nitrogen and oxygen atoms in total. The summed E-state index contributed by atoms with van der Waals surface area (Å²) in [6, 6.07) is 24.4. The SMILES string of the molecule is CCC(=O)OC1(c2ccccc2)c2ccccc2C(=O)c2ccccc21. The Kier molecular flexibility index (Phi) is 3.92. The lowest BCUT2D eigenvalue weighted by Crippen LogP contribution is -2.40. The van der Waals surface area contributed by atoms with Crippen molar-refractivity contribution < 1.29 is 14.3 Å². The number of fused-ring (bicyclic) bond motifs is 2. The van der Waals surface area contributed by atoms with Crippen molar-refractivity contribution in [2.75, 3.05) is 0 Å². The van der Waals surface area contributed by atoms with Gasteiger partial charge in [-0.15, -0.1) is 0 Å². The van der Waals surface area contributed by atoms with Crippen molar-refractivity contribution in [1.82, 2.24) is 0 Å². The van der Waals surface area contributed by atoms with Gasteiger partial charge < -0.3 is 4.74 Å². The number of ketones is 1. The summed E-state index contributed by atoms with van der Waals surface area (Å²) in [5, 5.41) is 0. The molecule has 0 saturated carbocycles. The summed E-state index contributed by atoms with van der Waals surface area (Å²) >= 11 is 0. The maximum Gasteiger partial charge on any atom is 0.307 e. The molecule has 0 aromatic heterocycles. The zero-order valence-corrected chi connectivity index (χ0v) is 14.4. The van der Waals surface area contributed by atoms with Crippen LogP contribution in [0.5, 0.6) is 0 Å². The number of hydrogen-bond donors (Lipinski definition) is 0. The Balaban J connectivity index is 2.12. The van der Waals surface area contributed by atoms with E-state index >= 15 is 0 Å². The van der Waals surface area contributed by atoms with E-state index in [2.05, 4.69) is 0 Å². The molecule has 26 heavy (non-hydrogen) atoms. The summed E-state index contributed by atoms with van der Waals surface area (Å²) in [5.74, 6) is -0.358. The molecule has 1 aliphatic carbocycles. The van der Waals surface area contributed by atoms with Crippen LogP contribution in [0.15, 0.2) is 78.9 Å². The van der Waals surface area contributed by atoms with Gasteiger partial charge in [-0.05, 0) is 0 Å². The number of hydrogen-bond acceptors (Lipinski definition) is 3. The van der Waals surface area contributed by atoms with Crippen LogP contribution in [0.2, 0.25) is 0 Å². The van der Waals surface area contributed by atoms with Crippen molar-refractivity contribution in [1.29, 1.82) is 0 Å². The van der Waals surface area contributed by atoms with E-state index in [1.807, 2.05) is 66.7 Å². The summed E-state index contributed by atoms with van der Waals surface area (Å²) in [6.07, 6.45) is 0.257. The second kappa shape index (κ2) is 6.26. The highest BCUT2D eigenvalue weighted by molar-refractivity contribution is 6.13. The molecule has 3 heteroatoms. The van der Waals surface area contributed by atoms with Gasteiger partial charge in [0, 0.05) is 34.2 Å². The smallest absolute Gasteiger partial charge is 0.307 e. The number of carbonyl (C=O) groups is 2. The predicted octanol–water partition coefficient (Wildman–Crippen LogP) is 4.48. The number of carbonyl (C=O) groups excluding carboxylic acids is 2. The van der Waals surface area contributed by atoms with Gasteiger partial charge in [-0.25, -0.2) is 0 Å². The predicted molar refractivity (Wildman–Crippen MR) is 99.0 cm³/mol. The second-order valence-electron chi connectivity index (χ2n) is 6.30. The van der Waals surface area contributed by atoms with Gasteiger partial charge in [0.25, 0.3) is 0 Å². The van der Waals surface area contributed by atoms with E-state index in [1.54, 1.807) is 19.1 Å². The van der Waals surface area contributed by atoms with Crippen LogP contribution in [0, 0.1) is 0 Å². The van der Waals surface area contributed by atoms with E-state index in [-0.39, 0.29) is 18.2 Å². The molecule has 0 amide bonds. The summed E-state index contributed by atoms with van der Waals surface area (Å²) in [5.41, 5.74) is 2.25. The van der Waals surface area contributed by atoms with E-state index in [9.17, 15) is 9.59 Å². The van der Waals surface area contributed by atoms with Gasteiger partial charge in [-0.1, -0.05) is 85.8 Å². The second-order valence-corrected chi connectivity index (χ2v) is 6.30. The van der Waals surface area contributed by atoms with Crippen molar-refractivity contribution in [3.8, 4) is 0 Å². The fraction of sp³-hybridized carbons (Fsp3) is 0.130. The minimum Gasteiger partial charge on any atom is -0.444 e. The molecule has 3 aromatic carbocycles. The average Bonchev–Trinajstić information content (AvgIpc) is 2.71. The highest BCUT2D eigenvalue weighted by Crippen LogP contribution is 2.47. The molecule has 0 aliphatic heterocycles. The summed E-state index contributed by atoms with van der Waals surface area (Å²) < 4.78 is 6.12. The first-order chi connectivity index (χ1) is 12.7. The third-order valence-corrected chi connectivity index (χ3v) is 4.84. The Bertz CT molecular complexity index is 940. The molecule has 0 radical (unpaired) electrons. The molecule has 0 heterocycles. The molecule has 3 aromatic rings. The minimum absolute atomic E-state index is 0.0460. The quantitative estimate of drug-likeness (QED) is 0.659. The van der Waals surface area contributed by atoms with Gasteiger partial charge in [0.15, 0.2) is 11.4 Å². The monoisotopic (exact) mass is 342 g/mol. The molecule has 0 bridgehead atoms. The molecule has 0 spiro atoms. The molecule has 0 fully saturated rings. The standard InChI is InChI=1S/C23H18O3/c1-2-21(24)26-23(16-10-4-3-5-11-16)19-14-8-6-12-17(19)22(25)18-13-7-9-15-20(18)23/h3-15H,2H2,1H3. The van der Waals surface area contributed by atoms with Crippen LogP contribution in [-0.4, -0.2) is 11.8 Å². The molecule has 0 saturated heterocycles. The first-order valence-corrected chi connectivity index (χ1v) is 8.69. The van der Waals surface area contributed by atoms with E-state index in [0.717, 1.165) is 5.56 Å². The van der Waals surface area contributed by atoms with Gasteiger partial charge in [-0.3, -0.25) is 9.59 Å². The van der Waals surface area contributed by atoms with E-state index in [0.29, 0.717) is 22.3 Å². The van der Waals surface area contributed by atoms with E-state index < -0.39 is 5.60 Å². The van der Waals surface area contributed by atoms with Crippen molar-refractivity contribution in [2.24, 2.45) is 0 Å². The normalized spacial score (nSPS) is 14.3. The Morgan fingerprint density at radius 3 is 1.85 bits per heavy atom. The van der Waals surface area contributed by atoms with Gasteiger partial charge in [0.1, 0.15) is 0 Å². The Hall–Kier alpha value is -3.20. The highest BCUT2D eigenvalue weighted by Gasteiger charge is 2.47. The van der Waals surface area contributed by atoms with Gasteiger partial charge in [-0.2, -0.15) is 0 Å².